The molecule has 0 aliphatic rings. The zero-order chi connectivity index (χ0) is 21.3. The van der Waals surface area contributed by atoms with Crippen LogP contribution in [-0.2, 0) is 13.0 Å². The summed E-state index contributed by atoms with van der Waals surface area (Å²) >= 11 is 0. The van der Waals surface area contributed by atoms with Crippen LogP contribution < -0.4 is 20.1 Å². The average Bonchev–Trinajstić information content (AvgIpc) is 3.26. The molecule has 0 saturated carbocycles. The van der Waals surface area contributed by atoms with E-state index in [-0.39, 0.29) is 24.0 Å². The quantitative estimate of drug-likeness (QED) is 0.232. The van der Waals surface area contributed by atoms with E-state index in [0.717, 1.165) is 41.4 Å². The van der Waals surface area contributed by atoms with Gasteiger partial charge in [-0.1, -0.05) is 12.1 Å². The lowest BCUT2D eigenvalue weighted by Crippen LogP contribution is -2.38. The molecular weight excluding hydrogens is 507 g/mol. The summed E-state index contributed by atoms with van der Waals surface area (Å²) in [5.74, 6) is 3.79. The third-order valence-corrected chi connectivity index (χ3v) is 4.71. The topological polar surface area (TPSA) is 96.5 Å². The van der Waals surface area contributed by atoms with E-state index in [4.69, 9.17) is 9.47 Å². The molecule has 0 amide bonds. The summed E-state index contributed by atoms with van der Waals surface area (Å²) in [6.45, 7) is 3.27. The summed E-state index contributed by atoms with van der Waals surface area (Å²) < 4.78 is 10.6. The molecule has 0 radical (unpaired) electrons. The molecule has 2 aromatic carbocycles. The molecule has 0 saturated heterocycles. The minimum Gasteiger partial charge on any atom is -0.497 e. The van der Waals surface area contributed by atoms with Gasteiger partial charge >= 0.3 is 0 Å². The van der Waals surface area contributed by atoms with E-state index in [0.29, 0.717) is 18.3 Å². The third kappa shape index (κ3) is 6.84. The number of methoxy groups -OCH3 is 2. The van der Waals surface area contributed by atoms with Crippen molar-refractivity contribution < 1.29 is 9.47 Å². The van der Waals surface area contributed by atoms with Gasteiger partial charge in [0.1, 0.15) is 17.3 Å². The van der Waals surface area contributed by atoms with Crippen molar-refractivity contribution in [2.45, 2.75) is 19.9 Å². The van der Waals surface area contributed by atoms with Crippen LogP contribution in [0, 0.1) is 6.92 Å². The second-order valence-corrected chi connectivity index (χ2v) is 6.74. The van der Waals surface area contributed by atoms with Crippen LogP contribution in [-0.4, -0.2) is 49.0 Å². The van der Waals surface area contributed by atoms with Crippen LogP contribution >= 0.6 is 24.0 Å². The van der Waals surface area contributed by atoms with Crippen molar-refractivity contribution in [2.24, 2.45) is 4.99 Å². The Labute approximate surface area is 199 Å². The molecule has 0 spiro atoms. The molecule has 31 heavy (non-hydrogen) atoms. The molecular formula is C22H29IN6O2. The van der Waals surface area contributed by atoms with Crippen molar-refractivity contribution in [1.29, 1.82) is 0 Å². The number of halogens is 1. The van der Waals surface area contributed by atoms with Crippen LogP contribution in [0.1, 0.15) is 17.0 Å². The van der Waals surface area contributed by atoms with E-state index in [2.05, 4.69) is 49.0 Å². The predicted octanol–water partition coefficient (Wildman–Crippen LogP) is 3.32. The zero-order valence-corrected chi connectivity index (χ0v) is 20.6. The highest BCUT2D eigenvalue weighted by Gasteiger charge is 2.07. The first kappa shape index (κ1) is 24.4. The molecule has 3 N–H and O–H groups in total. The van der Waals surface area contributed by atoms with E-state index in [1.165, 1.54) is 5.56 Å². The van der Waals surface area contributed by atoms with Gasteiger partial charge in [0.05, 0.1) is 20.8 Å². The molecule has 1 heterocycles. The number of rotatable bonds is 8. The normalized spacial score (nSPS) is 10.9. The lowest BCUT2D eigenvalue weighted by molar-refractivity contribution is 0.411. The monoisotopic (exact) mass is 536 g/mol. The molecule has 0 aliphatic heterocycles. The first-order chi connectivity index (χ1) is 14.6. The largest absolute Gasteiger partial charge is 0.497 e. The van der Waals surface area contributed by atoms with E-state index in [9.17, 15) is 0 Å². The van der Waals surface area contributed by atoms with Crippen molar-refractivity contribution in [2.75, 3.05) is 27.8 Å². The molecule has 0 aliphatic carbocycles. The minimum atomic E-state index is 0. The summed E-state index contributed by atoms with van der Waals surface area (Å²) in [4.78, 5) is 8.79. The van der Waals surface area contributed by atoms with Crippen LogP contribution in [0.3, 0.4) is 0 Å². The predicted molar refractivity (Wildman–Crippen MR) is 133 cm³/mol. The molecule has 3 rings (SSSR count). The maximum Gasteiger partial charge on any atom is 0.191 e. The van der Waals surface area contributed by atoms with Crippen LogP contribution in [0.25, 0.3) is 11.4 Å². The summed E-state index contributed by atoms with van der Waals surface area (Å²) in [7, 11) is 5.08. The molecule has 0 fully saturated rings. The van der Waals surface area contributed by atoms with Crippen molar-refractivity contribution >= 4 is 29.9 Å². The zero-order valence-electron chi connectivity index (χ0n) is 18.2. The number of aromatic amines is 1. The Morgan fingerprint density at radius 3 is 2.52 bits per heavy atom. The number of aryl methyl sites for hydroxylation is 1. The van der Waals surface area contributed by atoms with Crippen LogP contribution in [0.4, 0.5) is 0 Å². The molecule has 1 aromatic heterocycles. The fourth-order valence-corrected chi connectivity index (χ4v) is 2.98. The standard InChI is InChI=1S/C22H28N6O2.HI/c1-15-5-6-16(13-19(15)30-4)11-12-24-22(23-2)25-14-20-26-21(28-27-20)17-7-9-18(29-3)10-8-17;/h5-10,13H,11-12,14H2,1-4H3,(H2,23,24,25)(H,26,27,28);1H. The number of nitrogens with zero attached hydrogens (tertiary/aromatic N) is 3. The van der Waals surface area contributed by atoms with Crippen LogP contribution in [0.15, 0.2) is 47.5 Å². The lowest BCUT2D eigenvalue weighted by Gasteiger charge is -2.12. The molecule has 8 nitrogen and oxygen atoms in total. The van der Waals surface area contributed by atoms with E-state index in [1.54, 1.807) is 21.3 Å². The Morgan fingerprint density at radius 2 is 1.84 bits per heavy atom. The smallest absolute Gasteiger partial charge is 0.191 e. The summed E-state index contributed by atoms with van der Waals surface area (Å²) in [5, 5.41) is 13.8. The Bertz CT molecular complexity index is 988. The summed E-state index contributed by atoms with van der Waals surface area (Å²) in [6, 6.07) is 13.9. The van der Waals surface area contributed by atoms with E-state index < -0.39 is 0 Å². The van der Waals surface area contributed by atoms with Gasteiger partial charge in [0.25, 0.3) is 0 Å². The molecule has 0 unspecified atom stereocenters. The maximum atomic E-state index is 5.39. The second-order valence-electron chi connectivity index (χ2n) is 6.74. The molecule has 0 bridgehead atoms. The van der Waals surface area contributed by atoms with Gasteiger partial charge in [-0.05, 0) is 54.8 Å². The fraction of sp³-hybridized carbons (Fsp3) is 0.318. The van der Waals surface area contributed by atoms with Crippen molar-refractivity contribution in [1.82, 2.24) is 25.8 Å². The van der Waals surface area contributed by atoms with Gasteiger partial charge in [0.15, 0.2) is 11.8 Å². The van der Waals surface area contributed by atoms with E-state index >= 15 is 0 Å². The summed E-state index contributed by atoms with van der Waals surface area (Å²) in [5.41, 5.74) is 3.27. The first-order valence-corrected chi connectivity index (χ1v) is 9.76. The van der Waals surface area contributed by atoms with Crippen molar-refractivity contribution in [3.8, 4) is 22.9 Å². The average molecular weight is 536 g/mol. The van der Waals surface area contributed by atoms with Gasteiger partial charge in [-0.25, -0.2) is 4.98 Å². The number of hydrogen-bond acceptors (Lipinski definition) is 5. The SMILES string of the molecule is CN=C(NCCc1ccc(C)c(OC)c1)NCc1nc(-c2ccc(OC)cc2)n[nH]1.I. The highest BCUT2D eigenvalue weighted by atomic mass is 127. The van der Waals surface area contributed by atoms with Gasteiger partial charge in [-0.15, -0.1) is 24.0 Å². The number of H-pyrrole nitrogens is 1. The summed E-state index contributed by atoms with van der Waals surface area (Å²) in [6.07, 6.45) is 0.862. The van der Waals surface area contributed by atoms with Gasteiger partial charge in [-0.3, -0.25) is 10.1 Å². The molecule has 3 aromatic rings. The fourth-order valence-electron chi connectivity index (χ4n) is 2.98. The Morgan fingerprint density at radius 1 is 1.06 bits per heavy atom. The van der Waals surface area contributed by atoms with Gasteiger partial charge < -0.3 is 20.1 Å². The van der Waals surface area contributed by atoms with Gasteiger partial charge in [-0.2, -0.15) is 5.10 Å². The van der Waals surface area contributed by atoms with Gasteiger partial charge in [0.2, 0.25) is 0 Å². The minimum absolute atomic E-state index is 0. The van der Waals surface area contributed by atoms with Crippen molar-refractivity contribution in [3.63, 3.8) is 0 Å². The molecule has 9 heteroatoms. The number of nitrogens with one attached hydrogen (secondary N) is 3. The molecule has 166 valence electrons. The molecule has 0 atom stereocenters. The highest BCUT2D eigenvalue weighted by Crippen LogP contribution is 2.19. The Hall–Kier alpha value is -2.82. The number of aliphatic imine (C=N–C) groups is 1. The van der Waals surface area contributed by atoms with E-state index in [1.807, 2.05) is 31.2 Å². The number of aromatic nitrogens is 3. The number of ether oxygens (including phenoxy) is 2. The Kier molecular flexibility index (Phi) is 9.57. The number of hydrogen-bond donors (Lipinski definition) is 3. The number of benzene rings is 2. The third-order valence-electron chi connectivity index (χ3n) is 4.71. The van der Waals surface area contributed by atoms with Crippen LogP contribution in [0.5, 0.6) is 11.5 Å². The Balaban J connectivity index is 0.00000341. The first-order valence-electron chi connectivity index (χ1n) is 9.76. The highest BCUT2D eigenvalue weighted by molar-refractivity contribution is 14.0. The maximum absolute atomic E-state index is 5.39. The van der Waals surface area contributed by atoms with Crippen LogP contribution in [0.2, 0.25) is 0 Å². The second kappa shape index (κ2) is 12.1. The van der Waals surface area contributed by atoms with Gasteiger partial charge in [0, 0.05) is 19.2 Å². The lowest BCUT2D eigenvalue weighted by atomic mass is 10.1. The van der Waals surface area contributed by atoms with Crippen molar-refractivity contribution in [3.05, 3.63) is 59.4 Å². The number of guanidine groups is 1.